The van der Waals surface area contributed by atoms with Crippen LogP contribution in [-0.2, 0) is 14.4 Å². The van der Waals surface area contributed by atoms with Crippen LogP contribution in [-0.4, -0.2) is 35.5 Å². The summed E-state index contributed by atoms with van der Waals surface area (Å²) in [5.41, 5.74) is -0.242. The Kier molecular flexibility index (Phi) is 3.73. The Morgan fingerprint density at radius 3 is 2.00 bits per heavy atom. The van der Waals surface area contributed by atoms with Gasteiger partial charge in [-0.3, -0.25) is 24.2 Å². The minimum absolute atomic E-state index is 0.0750. The van der Waals surface area contributed by atoms with Gasteiger partial charge in [0.25, 0.3) is 0 Å². The van der Waals surface area contributed by atoms with E-state index in [1.54, 1.807) is 0 Å². The zero-order chi connectivity index (χ0) is 20.7. The fraction of sp³-hybridized carbons (Fsp3) is 0.450. The summed E-state index contributed by atoms with van der Waals surface area (Å²) in [6.45, 7) is -0.844. The van der Waals surface area contributed by atoms with E-state index in [1.807, 2.05) is 12.2 Å². The number of benzene rings is 1. The maximum absolute atomic E-state index is 13.2. The summed E-state index contributed by atoms with van der Waals surface area (Å²) in [5.74, 6) is -4.56. The molecule has 3 fully saturated rings. The third kappa shape index (κ3) is 2.63. The fourth-order valence-corrected chi connectivity index (χ4v) is 5.34. The van der Waals surface area contributed by atoms with Crippen LogP contribution in [0.1, 0.15) is 6.42 Å². The van der Waals surface area contributed by atoms with Crippen LogP contribution in [0.4, 0.5) is 23.2 Å². The first-order chi connectivity index (χ1) is 13.7. The highest BCUT2D eigenvalue weighted by molar-refractivity contribution is 6.07. The number of hydrogen-bond donors (Lipinski definition) is 0. The summed E-state index contributed by atoms with van der Waals surface area (Å²) < 4.78 is 52.7. The van der Waals surface area contributed by atoms with Crippen LogP contribution in [0, 0.1) is 41.3 Å². The minimum atomic E-state index is -5.21. The number of imide groups is 1. The molecule has 1 heterocycles. The monoisotopic (exact) mass is 408 g/mol. The number of allylic oxidation sites excluding steroid dienone is 2. The molecule has 6 rings (SSSR count). The van der Waals surface area contributed by atoms with Crippen molar-refractivity contribution in [2.75, 3.05) is 11.6 Å². The Labute approximate surface area is 162 Å². The number of nitrogens with zero attached hydrogens (tertiary/aromatic N) is 2. The third-order valence-corrected chi connectivity index (χ3v) is 6.66. The molecule has 2 saturated carbocycles. The van der Waals surface area contributed by atoms with Crippen LogP contribution in [0.5, 0.6) is 0 Å². The maximum atomic E-state index is 13.2. The van der Waals surface area contributed by atoms with E-state index in [0.29, 0.717) is 16.7 Å². The number of carbonyl (C=O) groups excluding carboxylic acids is 3. The highest BCUT2D eigenvalue weighted by Crippen LogP contribution is 2.65. The van der Waals surface area contributed by atoms with E-state index in [9.17, 15) is 31.9 Å². The van der Waals surface area contributed by atoms with E-state index in [2.05, 4.69) is 0 Å². The second kappa shape index (κ2) is 5.90. The largest absolute Gasteiger partial charge is 0.471 e. The summed E-state index contributed by atoms with van der Waals surface area (Å²) in [7, 11) is 0. The molecule has 5 nitrogen and oxygen atoms in total. The summed E-state index contributed by atoms with van der Waals surface area (Å²) in [4.78, 5) is 39.1. The van der Waals surface area contributed by atoms with Gasteiger partial charge in [0.05, 0.1) is 11.8 Å². The lowest BCUT2D eigenvalue weighted by molar-refractivity contribution is -0.171. The molecule has 4 aliphatic carbocycles. The van der Waals surface area contributed by atoms with Gasteiger partial charge in [0, 0.05) is 5.69 Å². The predicted molar refractivity (Wildman–Crippen MR) is 91.4 cm³/mol. The van der Waals surface area contributed by atoms with Crippen LogP contribution >= 0.6 is 0 Å². The Hall–Kier alpha value is -2.71. The van der Waals surface area contributed by atoms with E-state index < -0.39 is 48.2 Å². The van der Waals surface area contributed by atoms with E-state index in [0.717, 1.165) is 35.6 Å². The number of rotatable bonds is 3. The van der Waals surface area contributed by atoms with Crippen molar-refractivity contribution in [1.29, 1.82) is 0 Å². The lowest BCUT2D eigenvalue weighted by Gasteiger charge is -2.37. The molecule has 3 amide bonds. The van der Waals surface area contributed by atoms with Gasteiger partial charge in [0.15, 0.2) is 0 Å². The van der Waals surface area contributed by atoms with Gasteiger partial charge in [-0.05, 0) is 54.4 Å². The normalized spacial score (nSPS) is 34.3. The molecule has 1 aromatic carbocycles. The van der Waals surface area contributed by atoms with Crippen LogP contribution in [0.15, 0.2) is 36.4 Å². The number of amides is 3. The topological polar surface area (TPSA) is 57.7 Å². The van der Waals surface area contributed by atoms with Crippen molar-refractivity contribution in [3.63, 3.8) is 0 Å². The number of anilines is 1. The van der Waals surface area contributed by atoms with Crippen molar-refractivity contribution in [1.82, 2.24) is 4.90 Å². The third-order valence-electron chi connectivity index (χ3n) is 6.66. The first kappa shape index (κ1) is 18.3. The molecule has 0 aromatic heterocycles. The van der Waals surface area contributed by atoms with Crippen molar-refractivity contribution in [2.45, 2.75) is 12.6 Å². The minimum Gasteiger partial charge on any atom is -0.286 e. The molecule has 0 unspecified atom stereocenters. The number of likely N-dealkylation sites (tertiary alicyclic amines) is 1. The number of carbonyl (C=O) groups is 3. The van der Waals surface area contributed by atoms with Crippen LogP contribution in [0.25, 0.3) is 0 Å². The summed E-state index contributed by atoms with van der Waals surface area (Å²) in [6.07, 6.45) is -0.347. The average molecular weight is 408 g/mol. The molecule has 5 aliphatic rings. The van der Waals surface area contributed by atoms with E-state index in [-0.39, 0.29) is 17.5 Å². The van der Waals surface area contributed by atoms with Gasteiger partial charge >= 0.3 is 12.1 Å². The van der Waals surface area contributed by atoms with E-state index in [1.165, 1.54) is 0 Å². The van der Waals surface area contributed by atoms with Gasteiger partial charge in [-0.25, -0.2) is 4.39 Å². The van der Waals surface area contributed by atoms with Crippen LogP contribution in [0.3, 0.4) is 0 Å². The second-order valence-electron chi connectivity index (χ2n) is 8.11. The number of halogens is 4. The summed E-state index contributed by atoms with van der Waals surface area (Å²) in [6, 6.07) is 3.85. The van der Waals surface area contributed by atoms with Crippen molar-refractivity contribution >= 4 is 23.4 Å². The first-order valence-corrected chi connectivity index (χ1v) is 9.36. The van der Waals surface area contributed by atoms with Gasteiger partial charge in [0.2, 0.25) is 11.8 Å². The Morgan fingerprint density at radius 1 is 1.00 bits per heavy atom. The van der Waals surface area contributed by atoms with Gasteiger partial charge in [-0.15, -0.1) is 0 Å². The maximum Gasteiger partial charge on any atom is 0.471 e. The van der Waals surface area contributed by atoms with Crippen molar-refractivity contribution in [3.8, 4) is 0 Å². The zero-order valence-corrected chi connectivity index (χ0v) is 15.0. The van der Waals surface area contributed by atoms with Gasteiger partial charge in [-0.1, -0.05) is 12.2 Å². The molecule has 1 aromatic rings. The Balaban J connectivity index is 1.46. The molecule has 1 aliphatic heterocycles. The molecular formula is C20H16F4N2O3. The van der Waals surface area contributed by atoms with Crippen LogP contribution in [0.2, 0.25) is 0 Å². The number of hydrogen-bond acceptors (Lipinski definition) is 3. The molecule has 1 saturated heterocycles. The highest BCUT2D eigenvalue weighted by atomic mass is 19.4. The smallest absolute Gasteiger partial charge is 0.286 e. The lowest BCUT2D eigenvalue weighted by atomic mass is 9.63. The van der Waals surface area contributed by atoms with Crippen molar-refractivity contribution < 1.29 is 31.9 Å². The highest BCUT2D eigenvalue weighted by Gasteiger charge is 2.67. The summed E-state index contributed by atoms with van der Waals surface area (Å²) in [5, 5.41) is 0. The number of alkyl halides is 3. The first-order valence-electron chi connectivity index (χ1n) is 9.36. The van der Waals surface area contributed by atoms with Crippen molar-refractivity contribution in [2.24, 2.45) is 35.5 Å². The fourth-order valence-electron chi connectivity index (χ4n) is 5.34. The predicted octanol–water partition coefficient (Wildman–Crippen LogP) is 2.73. The molecule has 0 radical (unpaired) electrons. The molecule has 152 valence electrons. The Morgan fingerprint density at radius 2 is 1.52 bits per heavy atom. The summed E-state index contributed by atoms with van der Waals surface area (Å²) >= 11 is 0. The molecule has 6 atom stereocenters. The molecule has 9 heteroatoms. The molecule has 0 N–H and O–H groups in total. The zero-order valence-electron chi connectivity index (χ0n) is 15.0. The van der Waals surface area contributed by atoms with Gasteiger partial charge < -0.3 is 0 Å². The van der Waals surface area contributed by atoms with Crippen LogP contribution < -0.4 is 4.90 Å². The van der Waals surface area contributed by atoms with Crippen molar-refractivity contribution in [3.05, 3.63) is 42.2 Å². The second-order valence-corrected chi connectivity index (χ2v) is 8.11. The molecule has 29 heavy (non-hydrogen) atoms. The molecule has 0 spiro atoms. The van der Waals surface area contributed by atoms with Gasteiger partial charge in [0.1, 0.15) is 12.5 Å². The standard InChI is InChI=1S/C20H16F4N2O3/c21-9-1-3-10(4-2-9)25(19(29)20(22,23)24)8-26-17(27)15-11-5-6-12(14-7-13(11)14)16(15)18(26)28/h1-6,11-16H,7-8H2/t11-,12+,13-,14-,15+,16+/m1/s1. The van der Waals surface area contributed by atoms with E-state index >= 15 is 0 Å². The Bertz CT molecular complexity index is 906. The quantitative estimate of drug-likeness (QED) is 0.439. The molecule has 2 bridgehead atoms. The van der Waals surface area contributed by atoms with E-state index in [4.69, 9.17) is 0 Å². The SMILES string of the molecule is O=C1[C@H]2[C@@H]3C=C[C@@H]([C@H]4C[C@H]34)[C@@H]2C(=O)N1CN(C(=O)C(F)(F)F)c1ccc(F)cc1. The van der Waals surface area contributed by atoms with Gasteiger partial charge in [-0.2, -0.15) is 13.2 Å². The molecular weight excluding hydrogens is 392 g/mol. The average Bonchev–Trinajstić information content (AvgIpc) is 3.46. The lowest BCUT2D eigenvalue weighted by Crippen LogP contribution is -2.49.